The Kier molecular flexibility index (Phi) is 12.5. The van der Waals surface area contributed by atoms with Gasteiger partial charge in [-0.3, -0.25) is 9.78 Å². The first-order chi connectivity index (χ1) is 12.1. The molecule has 0 rings (SSSR count). The Hall–Kier alpha value is -1.14. The van der Waals surface area contributed by atoms with Crippen molar-refractivity contribution < 1.29 is 29.1 Å². The molecule has 26 heavy (non-hydrogen) atoms. The standard InChI is InChI=1S/C20H38O6/c1-7-9-13-17(21)23-25-19(3,4)15-11-12-16-20(5,6)26-24-18(22)14-10-8-2/h7-16H2,1-6H3. The van der Waals surface area contributed by atoms with Crippen LogP contribution in [0.15, 0.2) is 0 Å². The van der Waals surface area contributed by atoms with Crippen LogP contribution in [0.1, 0.15) is 106 Å². The molecule has 0 N–H and O–H groups in total. The summed E-state index contributed by atoms with van der Waals surface area (Å²) in [6, 6.07) is 0. The van der Waals surface area contributed by atoms with Gasteiger partial charge in [-0.05, 0) is 53.4 Å². The molecule has 0 aromatic rings. The second-order valence-electron chi connectivity index (χ2n) is 8.01. The Morgan fingerprint density at radius 1 is 0.654 bits per heavy atom. The third kappa shape index (κ3) is 14.1. The average Bonchev–Trinajstić information content (AvgIpc) is 2.58. The molecule has 154 valence electrons. The zero-order valence-electron chi connectivity index (χ0n) is 17.5. The highest BCUT2D eigenvalue weighted by Crippen LogP contribution is 2.23. The highest BCUT2D eigenvalue weighted by atomic mass is 17.2. The molecule has 0 aromatic carbocycles. The van der Waals surface area contributed by atoms with Gasteiger partial charge in [-0.1, -0.05) is 39.5 Å². The molecular formula is C20H38O6. The smallest absolute Gasteiger partial charge is 0.298 e. The molecule has 0 spiro atoms. The number of hydrogen-bond acceptors (Lipinski definition) is 6. The Labute approximate surface area is 158 Å². The topological polar surface area (TPSA) is 71.1 Å². The van der Waals surface area contributed by atoms with Gasteiger partial charge in [0.15, 0.2) is 0 Å². The van der Waals surface area contributed by atoms with Crippen molar-refractivity contribution in [3.05, 3.63) is 0 Å². The highest BCUT2D eigenvalue weighted by molar-refractivity contribution is 5.68. The zero-order valence-corrected chi connectivity index (χ0v) is 17.5. The van der Waals surface area contributed by atoms with Crippen molar-refractivity contribution in [3.8, 4) is 0 Å². The lowest BCUT2D eigenvalue weighted by atomic mass is 9.96. The summed E-state index contributed by atoms with van der Waals surface area (Å²) in [5.41, 5.74) is -1.06. The van der Waals surface area contributed by atoms with Crippen LogP contribution in [0.25, 0.3) is 0 Å². The van der Waals surface area contributed by atoms with Gasteiger partial charge in [-0.15, -0.1) is 0 Å². The van der Waals surface area contributed by atoms with E-state index in [-0.39, 0.29) is 11.9 Å². The summed E-state index contributed by atoms with van der Waals surface area (Å²) >= 11 is 0. The Morgan fingerprint density at radius 2 is 1.00 bits per heavy atom. The summed E-state index contributed by atoms with van der Waals surface area (Å²) in [5, 5.41) is 0. The minimum Gasteiger partial charge on any atom is -0.298 e. The van der Waals surface area contributed by atoms with Crippen molar-refractivity contribution in [2.75, 3.05) is 0 Å². The molecule has 0 heterocycles. The van der Waals surface area contributed by atoms with E-state index in [2.05, 4.69) is 0 Å². The summed E-state index contributed by atoms with van der Waals surface area (Å²) in [5.74, 6) is -0.640. The van der Waals surface area contributed by atoms with E-state index in [9.17, 15) is 9.59 Å². The summed E-state index contributed by atoms with van der Waals surface area (Å²) in [6.45, 7) is 11.6. The zero-order chi connectivity index (χ0) is 20.1. The molecule has 0 aliphatic rings. The van der Waals surface area contributed by atoms with Crippen molar-refractivity contribution >= 4 is 11.9 Å². The minimum absolute atomic E-state index is 0.320. The first-order valence-corrected chi connectivity index (χ1v) is 9.89. The molecule has 0 fully saturated rings. The monoisotopic (exact) mass is 374 g/mol. The van der Waals surface area contributed by atoms with E-state index in [0.29, 0.717) is 12.8 Å². The normalized spacial score (nSPS) is 12.1. The molecule has 0 unspecified atom stereocenters. The van der Waals surface area contributed by atoms with Crippen LogP contribution in [0.3, 0.4) is 0 Å². The van der Waals surface area contributed by atoms with E-state index in [1.54, 1.807) is 0 Å². The lowest BCUT2D eigenvalue weighted by molar-refractivity contribution is -0.329. The molecule has 0 atom stereocenters. The number of carbonyl (C=O) groups excluding carboxylic acids is 2. The molecular weight excluding hydrogens is 336 g/mol. The van der Waals surface area contributed by atoms with Gasteiger partial charge < -0.3 is 0 Å². The van der Waals surface area contributed by atoms with Crippen molar-refractivity contribution in [3.63, 3.8) is 0 Å². The molecule has 0 aromatic heterocycles. The molecule has 0 aliphatic heterocycles. The Morgan fingerprint density at radius 3 is 1.31 bits per heavy atom. The second-order valence-corrected chi connectivity index (χ2v) is 8.01. The fourth-order valence-electron chi connectivity index (χ4n) is 2.23. The van der Waals surface area contributed by atoms with Gasteiger partial charge in [0.1, 0.15) is 11.2 Å². The van der Waals surface area contributed by atoms with E-state index < -0.39 is 11.2 Å². The van der Waals surface area contributed by atoms with Gasteiger partial charge in [0.25, 0.3) is 0 Å². The first-order valence-electron chi connectivity index (χ1n) is 9.89. The van der Waals surface area contributed by atoms with Gasteiger partial charge >= 0.3 is 11.9 Å². The van der Waals surface area contributed by atoms with Crippen LogP contribution in [-0.4, -0.2) is 23.1 Å². The Bertz CT molecular complexity index is 365. The lowest BCUT2D eigenvalue weighted by Crippen LogP contribution is -2.28. The third-order valence-electron chi connectivity index (χ3n) is 4.00. The van der Waals surface area contributed by atoms with Crippen molar-refractivity contribution in [2.24, 2.45) is 0 Å². The number of carbonyl (C=O) groups is 2. The highest BCUT2D eigenvalue weighted by Gasteiger charge is 2.25. The van der Waals surface area contributed by atoms with Gasteiger partial charge in [0.2, 0.25) is 0 Å². The molecule has 0 radical (unpaired) electrons. The van der Waals surface area contributed by atoms with E-state index in [0.717, 1.165) is 51.4 Å². The number of hydrogen-bond donors (Lipinski definition) is 0. The van der Waals surface area contributed by atoms with E-state index in [1.165, 1.54) is 0 Å². The maximum atomic E-state index is 11.5. The van der Waals surface area contributed by atoms with Crippen LogP contribution in [0.5, 0.6) is 0 Å². The molecule has 0 aliphatic carbocycles. The van der Waals surface area contributed by atoms with Gasteiger partial charge in [-0.25, -0.2) is 9.59 Å². The van der Waals surface area contributed by atoms with Crippen molar-refractivity contribution in [1.82, 2.24) is 0 Å². The lowest BCUT2D eigenvalue weighted by Gasteiger charge is -2.25. The summed E-state index contributed by atoms with van der Waals surface area (Å²) < 4.78 is 0. The van der Waals surface area contributed by atoms with Gasteiger partial charge in [-0.2, -0.15) is 9.78 Å². The van der Waals surface area contributed by atoms with E-state index in [4.69, 9.17) is 19.6 Å². The fourth-order valence-corrected chi connectivity index (χ4v) is 2.23. The summed E-state index contributed by atoms with van der Waals surface area (Å²) in [7, 11) is 0. The van der Waals surface area contributed by atoms with Crippen molar-refractivity contribution in [1.29, 1.82) is 0 Å². The quantitative estimate of drug-likeness (QED) is 0.216. The van der Waals surface area contributed by atoms with Crippen LogP contribution in [0.4, 0.5) is 0 Å². The molecule has 6 nitrogen and oxygen atoms in total. The van der Waals surface area contributed by atoms with Gasteiger partial charge in [0, 0.05) is 12.8 Å². The second kappa shape index (κ2) is 13.1. The summed E-state index contributed by atoms with van der Waals surface area (Å²) in [4.78, 5) is 43.3. The Balaban J connectivity index is 3.95. The fraction of sp³-hybridized carbons (Fsp3) is 0.900. The number of rotatable bonds is 15. The predicted molar refractivity (Wildman–Crippen MR) is 100 cm³/mol. The molecule has 0 bridgehead atoms. The van der Waals surface area contributed by atoms with Crippen LogP contribution in [-0.2, 0) is 29.1 Å². The molecule has 0 saturated carbocycles. The van der Waals surface area contributed by atoms with Crippen LogP contribution in [0.2, 0.25) is 0 Å². The SMILES string of the molecule is CCCCC(=O)OOC(C)(C)CCCCC(C)(C)OOC(=O)CCCC. The van der Waals surface area contributed by atoms with Crippen LogP contribution < -0.4 is 0 Å². The maximum Gasteiger partial charge on any atom is 0.342 e. The average molecular weight is 375 g/mol. The molecule has 6 heteroatoms. The van der Waals surface area contributed by atoms with Crippen LogP contribution >= 0.6 is 0 Å². The molecule has 0 saturated heterocycles. The summed E-state index contributed by atoms with van der Waals surface area (Å²) in [6.07, 6.45) is 7.55. The minimum atomic E-state index is -0.528. The van der Waals surface area contributed by atoms with Gasteiger partial charge in [0.05, 0.1) is 0 Å². The third-order valence-corrected chi connectivity index (χ3v) is 4.00. The molecule has 0 amide bonds. The first kappa shape index (κ1) is 24.9. The number of unbranched alkanes of at least 4 members (excludes halogenated alkanes) is 3. The van der Waals surface area contributed by atoms with Crippen LogP contribution in [0, 0.1) is 0 Å². The predicted octanol–water partition coefficient (Wildman–Crippen LogP) is 5.43. The van der Waals surface area contributed by atoms with Crippen molar-refractivity contribution in [2.45, 2.75) is 117 Å². The maximum absolute atomic E-state index is 11.5. The van der Waals surface area contributed by atoms with E-state index in [1.807, 2.05) is 41.5 Å². The van der Waals surface area contributed by atoms with E-state index >= 15 is 0 Å². The largest absolute Gasteiger partial charge is 0.342 e.